The zero-order chi connectivity index (χ0) is 18.6. The molecule has 5 heteroatoms. The van der Waals surface area contributed by atoms with Crippen LogP contribution in [0.3, 0.4) is 0 Å². The molecule has 2 aromatic rings. The first-order valence-electron chi connectivity index (χ1n) is 9.24. The van der Waals surface area contributed by atoms with Crippen molar-refractivity contribution in [2.24, 2.45) is 0 Å². The Kier molecular flexibility index (Phi) is 6.12. The molecule has 1 aliphatic heterocycles. The minimum atomic E-state index is -3.19. The van der Waals surface area contributed by atoms with Gasteiger partial charge in [0, 0.05) is 32.7 Å². The van der Waals surface area contributed by atoms with E-state index in [9.17, 15) is 8.42 Å². The van der Waals surface area contributed by atoms with Crippen LogP contribution in [-0.2, 0) is 23.0 Å². The second-order valence-corrected chi connectivity index (χ2v) is 9.25. The Hall–Kier alpha value is -1.69. The minimum absolute atomic E-state index is 0.188. The van der Waals surface area contributed by atoms with Gasteiger partial charge >= 0.3 is 0 Å². The Labute approximate surface area is 157 Å². The summed E-state index contributed by atoms with van der Waals surface area (Å²) in [5.74, 6) is 0.188. The maximum Gasteiger partial charge on any atom is 0.214 e. The van der Waals surface area contributed by atoms with Gasteiger partial charge < -0.3 is 0 Å². The van der Waals surface area contributed by atoms with E-state index < -0.39 is 10.0 Å². The number of rotatable bonds is 6. The third kappa shape index (κ3) is 4.93. The summed E-state index contributed by atoms with van der Waals surface area (Å²) in [7, 11) is -3.19. The van der Waals surface area contributed by atoms with Crippen molar-refractivity contribution in [3.63, 3.8) is 0 Å². The maximum atomic E-state index is 12.6. The zero-order valence-electron chi connectivity index (χ0n) is 15.7. The number of sulfonamides is 1. The van der Waals surface area contributed by atoms with Crippen LogP contribution in [0.1, 0.15) is 22.3 Å². The van der Waals surface area contributed by atoms with Crippen molar-refractivity contribution in [1.82, 2.24) is 9.21 Å². The van der Waals surface area contributed by atoms with E-state index in [4.69, 9.17) is 0 Å². The summed E-state index contributed by atoms with van der Waals surface area (Å²) < 4.78 is 26.9. The fourth-order valence-electron chi connectivity index (χ4n) is 3.40. The van der Waals surface area contributed by atoms with Gasteiger partial charge in [0.2, 0.25) is 10.0 Å². The largest absolute Gasteiger partial charge is 0.296 e. The highest BCUT2D eigenvalue weighted by molar-refractivity contribution is 7.89. The highest BCUT2D eigenvalue weighted by Crippen LogP contribution is 2.16. The predicted molar refractivity (Wildman–Crippen MR) is 107 cm³/mol. The molecule has 0 unspecified atom stereocenters. The topological polar surface area (TPSA) is 40.6 Å². The van der Waals surface area contributed by atoms with Gasteiger partial charge in [0.05, 0.1) is 5.75 Å². The summed E-state index contributed by atoms with van der Waals surface area (Å²) in [6, 6.07) is 16.4. The van der Waals surface area contributed by atoms with Gasteiger partial charge in [0.25, 0.3) is 0 Å². The smallest absolute Gasteiger partial charge is 0.214 e. The molecule has 0 amide bonds. The lowest BCUT2D eigenvalue weighted by Gasteiger charge is -2.34. The summed E-state index contributed by atoms with van der Waals surface area (Å²) >= 11 is 0. The predicted octanol–water partition coefficient (Wildman–Crippen LogP) is 2.99. The number of hydrogen-bond donors (Lipinski definition) is 0. The van der Waals surface area contributed by atoms with E-state index in [1.54, 1.807) is 4.31 Å². The Bertz CT molecular complexity index is 826. The van der Waals surface area contributed by atoms with Crippen LogP contribution >= 0.6 is 0 Å². The molecule has 0 spiro atoms. The highest BCUT2D eigenvalue weighted by Gasteiger charge is 2.26. The molecule has 0 saturated carbocycles. The first-order chi connectivity index (χ1) is 12.4. The van der Waals surface area contributed by atoms with Crippen LogP contribution in [0.25, 0.3) is 0 Å². The molecular formula is C21H28N2O2S. The Morgan fingerprint density at radius 1 is 0.923 bits per heavy atom. The van der Waals surface area contributed by atoms with Crippen LogP contribution in [0.4, 0.5) is 0 Å². The van der Waals surface area contributed by atoms with Crippen LogP contribution in [-0.4, -0.2) is 49.6 Å². The van der Waals surface area contributed by atoms with Crippen molar-refractivity contribution in [3.8, 4) is 0 Å². The molecule has 26 heavy (non-hydrogen) atoms. The molecule has 3 rings (SSSR count). The molecule has 0 atom stereocenters. The SMILES string of the molecule is Cc1ccc(C)c(CN2CCN(S(=O)(=O)CCc3ccccc3)CC2)c1. The molecule has 0 aliphatic carbocycles. The number of aryl methyl sites for hydroxylation is 3. The molecule has 0 aromatic heterocycles. The van der Waals surface area contributed by atoms with Crippen molar-refractivity contribution in [3.05, 3.63) is 70.8 Å². The first kappa shape index (κ1) is 19.1. The van der Waals surface area contributed by atoms with Gasteiger partial charge in [-0.25, -0.2) is 8.42 Å². The summed E-state index contributed by atoms with van der Waals surface area (Å²) in [5, 5.41) is 0. The normalized spacial score (nSPS) is 16.7. The maximum absolute atomic E-state index is 12.6. The molecule has 4 nitrogen and oxygen atoms in total. The highest BCUT2D eigenvalue weighted by atomic mass is 32.2. The van der Waals surface area contributed by atoms with E-state index in [0.717, 1.165) is 25.2 Å². The van der Waals surface area contributed by atoms with Gasteiger partial charge in [-0.2, -0.15) is 4.31 Å². The number of piperazine rings is 1. The molecule has 0 N–H and O–H groups in total. The Morgan fingerprint density at radius 2 is 1.62 bits per heavy atom. The monoisotopic (exact) mass is 372 g/mol. The lowest BCUT2D eigenvalue weighted by atomic mass is 10.1. The van der Waals surface area contributed by atoms with Crippen molar-refractivity contribution in [2.75, 3.05) is 31.9 Å². The minimum Gasteiger partial charge on any atom is -0.296 e. The van der Waals surface area contributed by atoms with Gasteiger partial charge in [-0.05, 0) is 37.0 Å². The average Bonchev–Trinajstić information content (AvgIpc) is 2.64. The summed E-state index contributed by atoms with van der Waals surface area (Å²) in [6.45, 7) is 7.89. The number of nitrogens with zero attached hydrogens (tertiary/aromatic N) is 2. The van der Waals surface area contributed by atoms with Crippen LogP contribution < -0.4 is 0 Å². The molecule has 0 radical (unpaired) electrons. The first-order valence-corrected chi connectivity index (χ1v) is 10.9. The van der Waals surface area contributed by atoms with E-state index in [1.807, 2.05) is 30.3 Å². The van der Waals surface area contributed by atoms with Crippen molar-refractivity contribution in [2.45, 2.75) is 26.8 Å². The van der Waals surface area contributed by atoms with E-state index in [-0.39, 0.29) is 5.75 Å². The zero-order valence-corrected chi connectivity index (χ0v) is 16.5. The second-order valence-electron chi connectivity index (χ2n) is 7.16. The van der Waals surface area contributed by atoms with Gasteiger partial charge in [-0.3, -0.25) is 4.90 Å². The molecule has 1 aliphatic rings. The average molecular weight is 373 g/mol. The third-order valence-corrected chi connectivity index (χ3v) is 6.99. The number of benzene rings is 2. The fourth-order valence-corrected chi connectivity index (χ4v) is 4.87. The molecular weight excluding hydrogens is 344 g/mol. The lowest BCUT2D eigenvalue weighted by Crippen LogP contribution is -2.49. The molecule has 2 aromatic carbocycles. The van der Waals surface area contributed by atoms with Gasteiger partial charge in [0.1, 0.15) is 0 Å². The van der Waals surface area contributed by atoms with E-state index in [2.05, 4.69) is 36.9 Å². The second kappa shape index (κ2) is 8.33. The van der Waals surface area contributed by atoms with Gasteiger partial charge in [-0.15, -0.1) is 0 Å². The van der Waals surface area contributed by atoms with Crippen molar-refractivity contribution >= 4 is 10.0 Å². The Balaban J connectivity index is 1.53. The molecule has 0 bridgehead atoms. The van der Waals surface area contributed by atoms with Crippen molar-refractivity contribution in [1.29, 1.82) is 0 Å². The molecule has 1 fully saturated rings. The van der Waals surface area contributed by atoms with Gasteiger partial charge in [0.15, 0.2) is 0 Å². The van der Waals surface area contributed by atoms with E-state index in [0.29, 0.717) is 19.5 Å². The fraction of sp³-hybridized carbons (Fsp3) is 0.429. The van der Waals surface area contributed by atoms with Crippen LogP contribution in [0, 0.1) is 13.8 Å². The third-order valence-electron chi connectivity index (χ3n) is 5.11. The standard InChI is InChI=1S/C21H28N2O2S/c1-18-8-9-19(2)21(16-18)17-22-11-13-23(14-12-22)26(24,25)15-10-20-6-4-3-5-7-20/h3-9,16H,10-15,17H2,1-2H3. The molecule has 1 saturated heterocycles. The van der Waals surface area contributed by atoms with E-state index in [1.165, 1.54) is 16.7 Å². The quantitative estimate of drug-likeness (QED) is 0.783. The molecule has 140 valence electrons. The van der Waals surface area contributed by atoms with Crippen LogP contribution in [0.2, 0.25) is 0 Å². The Morgan fingerprint density at radius 3 is 2.31 bits per heavy atom. The molecule has 1 heterocycles. The summed E-state index contributed by atoms with van der Waals surface area (Å²) in [5.41, 5.74) is 4.98. The van der Waals surface area contributed by atoms with Crippen molar-refractivity contribution < 1.29 is 8.42 Å². The summed E-state index contributed by atoms with van der Waals surface area (Å²) in [6.07, 6.45) is 0.575. The summed E-state index contributed by atoms with van der Waals surface area (Å²) in [4.78, 5) is 2.35. The van der Waals surface area contributed by atoms with Crippen LogP contribution in [0.5, 0.6) is 0 Å². The van der Waals surface area contributed by atoms with E-state index >= 15 is 0 Å². The van der Waals surface area contributed by atoms with Gasteiger partial charge in [-0.1, -0.05) is 54.1 Å². The number of hydrogen-bond acceptors (Lipinski definition) is 3. The lowest BCUT2D eigenvalue weighted by molar-refractivity contribution is 0.181. The van der Waals surface area contributed by atoms with Crippen LogP contribution in [0.15, 0.2) is 48.5 Å².